The molecule has 12 atom stereocenters. The van der Waals surface area contributed by atoms with Crippen molar-refractivity contribution in [1.82, 2.24) is 16.0 Å². The van der Waals surface area contributed by atoms with Crippen molar-refractivity contribution in [2.75, 3.05) is 51.8 Å². The number of aliphatic hydroxyl groups is 2. The van der Waals surface area contributed by atoms with E-state index in [-0.39, 0.29) is 61.2 Å². The number of carbonyl (C=O) groups excluding carboxylic acids is 1. The second-order valence-corrected chi connectivity index (χ2v) is 25.9. The monoisotopic (exact) mass is 1110 g/mol. The third-order valence-corrected chi connectivity index (χ3v) is 21.1. The Bertz CT molecular complexity index is 3120. The van der Waals surface area contributed by atoms with Crippen molar-refractivity contribution >= 4 is 33.6 Å². The molecule has 3 fully saturated rings. The van der Waals surface area contributed by atoms with Gasteiger partial charge in [-0.3, -0.25) is 4.79 Å². The van der Waals surface area contributed by atoms with Gasteiger partial charge in [-0.25, -0.2) is 0 Å². The predicted octanol–water partition coefficient (Wildman–Crippen LogP) is 8.49. The first kappa shape index (κ1) is 54.3. The van der Waals surface area contributed by atoms with Gasteiger partial charge in [0.05, 0.1) is 30.4 Å². The first-order valence-corrected chi connectivity index (χ1v) is 31.1. The summed E-state index contributed by atoms with van der Waals surface area (Å²) in [7, 11) is 5.40. The number of fused-ring (bicyclic) bond motifs is 10. The summed E-state index contributed by atoms with van der Waals surface area (Å²) in [6, 6.07) is 7.74. The van der Waals surface area contributed by atoms with E-state index in [2.05, 4.69) is 76.9 Å². The Kier molecular flexibility index (Phi) is 15.8. The molecular weight excluding hydrogens is 1040 g/mol. The maximum Gasteiger partial charge on any atom is 0.302 e. The van der Waals surface area contributed by atoms with Crippen LogP contribution in [0.5, 0.6) is 28.7 Å². The number of phenolic OH excluding ortho intramolecular Hbond substituents is 2. The van der Waals surface area contributed by atoms with Gasteiger partial charge in [-0.2, -0.15) is 0 Å². The predicted molar refractivity (Wildman–Crippen MR) is 308 cm³/mol. The van der Waals surface area contributed by atoms with E-state index in [4.69, 9.17) is 29.4 Å². The highest BCUT2D eigenvalue weighted by molar-refractivity contribution is 8.76. The zero-order valence-electron chi connectivity index (χ0n) is 45.5. The average molecular weight is 1110 g/mol. The topological polar surface area (TPSA) is 206 Å². The Morgan fingerprint density at radius 3 is 2.71 bits per heavy atom. The third kappa shape index (κ3) is 10.3. The molecule has 1 spiro atoms. The van der Waals surface area contributed by atoms with Gasteiger partial charge in [-0.1, -0.05) is 77.1 Å². The molecule has 3 aromatic rings. The van der Waals surface area contributed by atoms with E-state index in [1.54, 1.807) is 13.2 Å². The van der Waals surface area contributed by atoms with Crippen molar-refractivity contribution in [3.05, 3.63) is 92.2 Å². The van der Waals surface area contributed by atoms with Crippen molar-refractivity contribution < 1.29 is 48.9 Å². The minimum Gasteiger partial charge on any atom is -0.508 e. The highest BCUT2D eigenvalue weighted by atomic mass is 33.1. The molecule has 9 aliphatic rings. The maximum atomic E-state index is 13.3. The Morgan fingerprint density at radius 2 is 1.89 bits per heavy atom. The maximum absolute atomic E-state index is 13.3. The molecule has 6 bridgehead atoms. The van der Waals surface area contributed by atoms with Crippen LogP contribution in [0.4, 0.5) is 0 Å². The van der Waals surface area contributed by atoms with Crippen LogP contribution in [0.15, 0.2) is 53.3 Å². The fourth-order valence-corrected chi connectivity index (χ4v) is 17.4. The number of phenols is 2. The summed E-state index contributed by atoms with van der Waals surface area (Å²) in [5, 5.41) is 57.1. The van der Waals surface area contributed by atoms with Gasteiger partial charge in [0.15, 0.2) is 18.3 Å². The first-order valence-electron chi connectivity index (χ1n) is 28.6. The fraction of sp³-hybridized carbons (Fsp3) is 0.540. The Labute approximate surface area is 471 Å². The normalized spacial score (nSPS) is 31.2. The third-order valence-electron chi connectivity index (χ3n) is 18.5. The van der Waals surface area contributed by atoms with Crippen molar-refractivity contribution in [3.8, 4) is 63.6 Å². The molecule has 0 aromatic heterocycles. The number of ether oxygens (including phenoxy) is 5. The number of hydrogen-bond donors (Lipinski definition) is 8. The van der Waals surface area contributed by atoms with Crippen LogP contribution in [-0.4, -0.2) is 103 Å². The molecule has 3 aromatic carbocycles. The number of benzene rings is 3. The number of nitrogens with two attached hydrogens (primary N) is 1. The number of carbonyl (C=O) groups is 1. The molecule has 12 unspecified atom stereocenters. The molecule has 16 heteroatoms. The first-order chi connectivity index (χ1) is 38.5. The van der Waals surface area contributed by atoms with E-state index in [0.29, 0.717) is 77.6 Å². The number of methoxy groups -OCH3 is 1. The summed E-state index contributed by atoms with van der Waals surface area (Å²) < 4.78 is 33.1. The second kappa shape index (κ2) is 22.9. The van der Waals surface area contributed by atoms with Crippen molar-refractivity contribution in [3.63, 3.8) is 0 Å². The number of aromatic hydroxyl groups is 2. The molecule has 0 radical (unpaired) electrons. The van der Waals surface area contributed by atoms with Crippen LogP contribution in [0.3, 0.4) is 0 Å². The largest absolute Gasteiger partial charge is 0.508 e. The summed E-state index contributed by atoms with van der Waals surface area (Å²) in [4.78, 5) is 13.2. The summed E-state index contributed by atoms with van der Waals surface area (Å²) >= 11 is 0. The van der Waals surface area contributed by atoms with Crippen LogP contribution in [-0.2, 0) is 32.6 Å². The zero-order chi connectivity index (χ0) is 54.5. The van der Waals surface area contributed by atoms with Gasteiger partial charge in [0.1, 0.15) is 42.0 Å². The summed E-state index contributed by atoms with van der Waals surface area (Å²) in [5.74, 6) is 16.6. The minimum absolute atomic E-state index is 0.00937. The van der Waals surface area contributed by atoms with Crippen LogP contribution in [0, 0.1) is 47.4 Å². The molecule has 0 amide bonds. The molecule has 79 heavy (non-hydrogen) atoms. The van der Waals surface area contributed by atoms with Crippen LogP contribution in [0.2, 0.25) is 0 Å². The van der Waals surface area contributed by atoms with Crippen LogP contribution >= 0.6 is 21.6 Å². The lowest BCUT2D eigenvalue weighted by molar-refractivity contribution is -0.141. The number of rotatable bonds is 8. The standard InChI is InChI=1S/C63H74N4O10S2/c1-4-37-21-40-19-35-17-18-63(24-35)25-41-22-44(71)23-52(75-33-69)54(41)46-13-12-45-49(30-74-34(2)70)59(77-60(45)57(46)63)56-47-14-16-51-53(32-79-78-31-36-7-5-10-43(20-36)66-51)76-61(47)58(72)48-27-65-26-42(28-68)39(29-73-3)9-6-8-38(55(48)56)11-15-50(40)67-62(37)64/h12-14,16,21-23,35-36,38-39,42-43,49,51,53,59,62,65-69,71-72H,4-5,7,9-10,17-20,24-33,64H2,1-3H3. The van der Waals surface area contributed by atoms with Crippen molar-refractivity contribution in [2.45, 2.75) is 139 Å². The number of dihydropyridines is 1. The van der Waals surface area contributed by atoms with E-state index in [1.165, 1.54) is 19.8 Å². The van der Waals surface area contributed by atoms with Crippen LogP contribution in [0.25, 0.3) is 17.2 Å². The molecule has 14 nitrogen and oxygen atoms in total. The Balaban J connectivity index is 1.16. The summed E-state index contributed by atoms with van der Waals surface area (Å²) in [6.45, 7) is 3.87. The molecular formula is C63H74N4O10S2. The molecule has 418 valence electrons. The van der Waals surface area contributed by atoms with Gasteiger partial charge in [-0.15, -0.1) is 5.92 Å². The van der Waals surface area contributed by atoms with Gasteiger partial charge < -0.3 is 65.8 Å². The lowest BCUT2D eigenvalue weighted by Gasteiger charge is -2.39. The van der Waals surface area contributed by atoms with Gasteiger partial charge in [-0.05, 0) is 115 Å². The number of nitrogens with one attached hydrogen (secondary N) is 3. The molecule has 6 heterocycles. The Hall–Kier alpha value is -5.27. The van der Waals surface area contributed by atoms with Crippen LogP contribution in [0.1, 0.15) is 135 Å². The molecule has 3 aliphatic carbocycles. The van der Waals surface area contributed by atoms with Gasteiger partial charge in [0, 0.05) is 108 Å². The van der Waals surface area contributed by atoms with E-state index in [0.717, 1.165) is 101 Å². The molecule has 9 N–H and O–H groups in total. The fourth-order valence-electron chi connectivity index (χ4n) is 14.8. The number of hydrogen-bond acceptors (Lipinski definition) is 16. The summed E-state index contributed by atoms with van der Waals surface area (Å²) in [6.07, 6.45) is 14.6. The number of esters is 1. The van der Waals surface area contributed by atoms with E-state index >= 15 is 0 Å². The zero-order valence-corrected chi connectivity index (χ0v) is 47.1. The average Bonchev–Trinajstić information content (AvgIpc) is 4.15. The highest BCUT2D eigenvalue weighted by Gasteiger charge is 2.52. The van der Waals surface area contributed by atoms with Crippen molar-refractivity contribution in [2.24, 2.45) is 29.4 Å². The molecule has 6 aliphatic heterocycles. The lowest BCUT2D eigenvalue weighted by atomic mass is 9.65. The summed E-state index contributed by atoms with van der Waals surface area (Å²) in [5.41, 5.74) is 16.6. The van der Waals surface area contributed by atoms with Gasteiger partial charge in [0.25, 0.3) is 0 Å². The minimum atomic E-state index is -0.825. The highest BCUT2D eigenvalue weighted by Crippen LogP contribution is 2.64. The second-order valence-electron chi connectivity index (χ2n) is 23.4. The quantitative estimate of drug-likeness (QED) is 0.0461. The van der Waals surface area contributed by atoms with E-state index < -0.39 is 42.3 Å². The smallest absolute Gasteiger partial charge is 0.302 e. The van der Waals surface area contributed by atoms with Crippen molar-refractivity contribution in [1.29, 1.82) is 0 Å². The number of aliphatic hydroxyl groups excluding tert-OH is 2. The molecule has 1 saturated heterocycles. The lowest BCUT2D eigenvalue weighted by Crippen LogP contribution is -2.49. The van der Waals surface area contributed by atoms with Gasteiger partial charge >= 0.3 is 5.97 Å². The molecule has 12 rings (SSSR count). The molecule has 2 saturated carbocycles. The van der Waals surface area contributed by atoms with Gasteiger partial charge in [0.2, 0.25) is 0 Å². The Morgan fingerprint density at radius 1 is 1.01 bits per heavy atom. The van der Waals surface area contributed by atoms with E-state index in [9.17, 15) is 25.2 Å². The van der Waals surface area contributed by atoms with E-state index in [1.807, 2.05) is 27.7 Å². The SMILES string of the molecule is CCC1=CC2=C(C#CC3C#CCC(COC)C(CO)CNCc4c(O)c5c(c(c43)C3Oc4c(ccc6c4C4(CCC(C2)C4)Cc2cc(O)cc(OCO)c2-6)C3COC(C)=O)C=CC2NC3CCCC(CSSCC2O5)C3)NC1N. The van der Waals surface area contributed by atoms with Crippen LogP contribution < -0.4 is 35.9 Å². The number of allylic oxidation sites excluding steroid dienone is 3.